The lowest BCUT2D eigenvalue weighted by atomic mass is 10.2. The predicted octanol–water partition coefficient (Wildman–Crippen LogP) is 2.40. The molecule has 2 aromatic carbocycles. The molecule has 3 aromatic rings. The van der Waals surface area contributed by atoms with Crippen LogP contribution in [0.5, 0.6) is 0 Å². The summed E-state index contributed by atoms with van der Waals surface area (Å²) in [4.78, 5) is 38.3. The van der Waals surface area contributed by atoms with E-state index in [-0.39, 0.29) is 28.7 Å². The van der Waals surface area contributed by atoms with E-state index in [9.17, 15) is 22.8 Å². The van der Waals surface area contributed by atoms with Gasteiger partial charge in [0.2, 0.25) is 11.7 Å². The molecule has 0 fully saturated rings. The lowest BCUT2D eigenvalue weighted by Gasteiger charge is -2.28. The van der Waals surface area contributed by atoms with E-state index in [1.54, 1.807) is 42.5 Å². The van der Waals surface area contributed by atoms with Crippen molar-refractivity contribution in [2.45, 2.75) is 10.6 Å². The number of sulfone groups is 1. The average molecular weight is 454 g/mol. The summed E-state index contributed by atoms with van der Waals surface area (Å²) in [5.74, 6) is -2.72. The van der Waals surface area contributed by atoms with E-state index >= 15 is 0 Å². The number of esters is 1. The fourth-order valence-corrected chi connectivity index (χ4v) is 4.65. The molecule has 1 aliphatic rings. The first-order chi connectivity index (χ1) is 15.3. The van der Waals surface area contributed by atoms with E-state index in [4.69, 9.17) is 9.15 Å². The molecule has 4 rings (SSSR count). The number of hydrogen-bond acceptors (Lipinski definition) is 7. The Bertz CT molecular complexity index is 1280. The Morgan fingerprint density at radius 2 is 1.75 bits per heavy atom. The zero-order chi connectivity index (χ0) is 22.7. The van der Waals surface area contributed by atoms with Crippen molar-refractivity contribution in [2.24, 2.45) is 0 Å². The first-order valence-corrected chi connectivity index (χ1v) is 11.2. The number of fused-ring (bicyclic) bond motifs is 1. The summed E-state index contributed by atoms with van der Waals surface area (Å²) in [5.41, 5.74) is 1.08. The quantitative estimate of drug-likeness (QED) is 0.567. The fraction of sp³-hybridized carbons (Fsp3) is 0.136. The van der Waals surface area contributed by atoms with Crippen molar-refractivity contribution < 1.29 is 32.0 Å². The van der Waals surface area contributed by atoms with Crippen LogP contribution in [0, 0.1) is 0 Å². The lowest BCUT2D eigenvalue weighted by molar-refractivity contribution is -0.124. The monoisotopic (exact) mass is 454 g/mol. The van der Waals surface area contributed by atoms with Crippen LogP contribution in [0.3, 0.4) is 0 Å². The minimum absolute atomic E-state index is 0.109. The molecule has 0 unspecified atom stereocenters. The van der Waals surface area contributed by atoms with E-state index in [1.807, 2.05) is 0 Å². The van der Waals surface area contributed by atoms with Crippen LogP contribution in [0.2, 0.25) is 0 Å². The maximum Gasteiger partial charge on any atom is 0.375 e. The molecule has 1 N–H and O–H groups in total. The van der Waals surface area contributed by atoms with Gasteiger partial charge in [0, 0.05) is 5.56 Å². The highest BCUT2D eigenvalue weighted by Crippen LogP contribution is 2.29. The first-order valence-electron chi connectivity index (χ1n) is 9.56. The second kappa shape index (κ2) is 8.67. The molecule has 10 heteroatoms. The number of carbonyl (C=O) groups excluding carboxylic acids is 3. The summed E-state index contributed by atoms with van der Waals surface area (Å²) < 4.78 is 35.4. The predicted molar refractivity (Wildman–Crippen MR) is 114 cm³/mol. The molecule has 2 amide bonds. The zero-order valence-corrected chi connectivity index (χ0v) is 17.5. The van der Waals surface area contributed by atoms with Gasteiger partial charge in [-0.05, 0) is 30.3 Å². The van der Waals surface area contributed by atoms with Gasteiger partial charge in [-0.25, -0.2) is 13.2 Å². The third-order valence-electron chi connectivity index (χ3n) is 4.78. The van der Waals surface area contributed by atoms with Crippen LogP contribution in [-0.4, -0.2) is 39.4 Å². The number of ether oxygens (including phenoxy) is 1. The van der Waals surface area contributed by atoms with E-state index in [2.05, 4.69) is 5.32 Å². The standard InChI is InChI=1S/C22H18N2O7S/c25-19-12-24(18-9-5-4-8-17(18)23-19)20(26)13-31-22(27)21-15(10-11-30-21)14-32(28,29)16-6-2-1-3-7-16/h1-11H,12-14H2,(H,23,25). The Labute approximate surface area is 183 Å². The molecule has 1 aromatic heterocycles. The summed E-state index contributed by atoms with van der Waals surface area (Å²) in [6.45, 7) is -0.860. The summed E-state index contributed by atoms with van der Waals surface area (Å²) in [7, 11) is -3.71. The van der Waals surface area contributed by atoms with E-state index in [1.165, 1.54) is 29.4 Å². The molecular formula is C22H18N2O7S. The Hall–Kier alpha value is -3.92. The minimum atomic E-state index is -3.71. The number of benzene rings is 2. The summed E-state index contributed by atoms with van der Waals surface area (Å²) >= 11 is 0. The Balaban J connectivity index is 1.45. The average Bonchev–Trinajstić information content (AvgIpc) is 3.24. The molecule has 0 aliphatic carbocycles. The van der Waals surface area contributed by atoms with Crippen molar-refractivity contribution >= 4 is 39.0 Å². The van der Waals surface area contributed by atoms with Crippen molar-refractivity contribution in [3.05, 3.63) is 78.3 Å². The highest BCUT2D eigenvalue weighted by atomic mass is 32.2. The number of furan rings is 1. The van der Waals surface area contributed by atoms with Gasteiger partial charge in [-0.15, -0.1) is 0 Å². The van der Waals surface area contributed by atoms with Crippen LogP contribution in [0.15, 0.2) is 76.2 Å². The van der Waals surface area contributed by atoms with Gasteiger partial charge in [0.15, 0.2) is 16.4 Å². The SMILES string of the molecule is O=C1CN(C(=O)COC(=O)c2occc2CS(=O)(=O)c2ccccc2)c2ccccc2N1. The van der Waals surface area contributed by atoms with E-state index < -0.39 is 34.1 Å². The number of nitrogens with zero attached hydrogens (tertiary/aromatic N) is 1. The topological polar surface area (TPSA) is 123 Å². The number of nitrogens with one attached hydrogen (secondary N) is 1. The van der Waals surface area contributed by atoms with Crippen molar-refractivity contribution in [1.82, 2.24) is 0 Å². The number of hydrogen-bond donors (Lipinski definition) is 1. The third-order valence-corrected chi connectivity index (χ3v) is 6.46. The van der Waals surface area contributed by atoms with E-state index in [0.717, 1.165) is 0 Å². The van der Waals surface area contributed by atoms with Crippen LogP contribution in [0.1, 0.15) is 16.1 Å². The molecule has 32 heavy (non-hydrogen) atoms. The maximum absolute atomic E-state index is 12.6. The zero-order valence-electron chi connectivity index (χ0n) is 16.7. The Morgan fingerprint density at radius 1 is 1.03 bits per heavy atom. The van der Waals surface area contributed by atoms with Crippen LogP contribution in [-0.2, 0) is 29.9 Å². The molecule has 2 heterocycles. The second-order valence-corrected chi connectivity index (χ2v) is 8.96. The van der Waals surface area contributed by atoms with Crippen molar-refractivity contribution in [3.63, 3.8) is 0 Å². The molecule has 0 spiro atoms. The third kappa shape index (κ3) is 4.40. The lowest BCUT2D eigenvalue weighted by Crippen LogP contribution is -2.44. The van der Waals surface area contributed by atoms with Crippen LogP contribution in [0.25, 0.3) is 0 Å². The van der Waals surface area contributed by atoms with Gasteiger partial charge in [-0.1, -0.05) is 30.3 Å². The first kappa shape index (κ1) is 21.3. The molecule has 0 radical (unpaired) electrons. The van der Waals surface area contributed by atoms with Gasteiger partial charge in [0.05, 0.1) is 28.3 Å². The van der Waals surface area contributed by atoms with E-state index in [0.29, 0.717) is 11.4 Å². The molecule has 0 bridgehead atoms. The largest absolute Gasteiger partial charge is 0.457 e. The smallest absolute Gasteiger partial charge is 0.375 e. The highest BCUT2D eigenvalue weighted by Gasteiger charge is 2.28. The Kier molecular flexibility index (Phi) is 5.78. The second-order valence-electron chi connectivity index (χ2n) is 6.97. The highest BCUT2D eigenvalue weighted by molar-refractivity contribution is 7.90. The van der Waals surface area contributed by atoms with Crippen molar-refractivity contribution in [2.75, 3.05) is 23.4 Å². The number of para-hydroxylation sites is 2. The minimum Gasteiger partial charge on any atom is -0.457 e. The number of carbonyl (C=O) groups is 3. The summed E-state index contributed by atoms with van der Waals surface area (Å²) in [5, 5.41) is 2.66. The van der Waals surface area contributed by atoms with Crippen LogP contribution in [0.4, 0.5) is 11.4 Å². The molecule has 164 valence electrons. The van der Waals surface area contributed by atoms with Crippen LogP contribution < -0.4 is 10.2 Å². The van der Waals surface area contributed by atoms with Crippen LogP contribution >= 0.6 is 0 Å². The van der Waals surface area contributed by atoms with Gasteiger partial charge < -0.3 is 14.5 Å². The normalized spacial score (nSPS) is 13.2. The van der Waals surface area contributed by atoms with Gasteiger partial charge in [-0.2, -0.15) is 0 Å². The number of rotatable bonds is 6. The van der Waals surface area contributed by atoms with Gasteiger partial charge >= 0.3 is 5.97 Å². The van der Waals surface area contributed by atoms with Gasteiger partial charge in [0.25, 0.3) is 5.91 Å². The number of amides is 2. The molecular weight excluding hydrogens is 436 g/mol. The van der Waals surface area contributed by atoms with Crippen molar-refractivity contribution in [3.8, 4) is 0 Å². The molecule has 0 atom stereocenters. The number of anilines is 2. The fourth-order valence-electron chi connectivity index (χ4n) is 3.27. The van der Waals surface area contributed by atoms with Gasteiger partial charge in [-0.3, -0.25) is 14.5 Å². The van der Waals surface area contributed by atoms with Crippen molar-refractivity contribution in [1.29, 1.82) is 0 Å². The molecule has 0 saturated carbocycles. The molecule has 9 nitrogen and oxygen atoms in total. The summed E-state index contributed by atoms with van der Waals surface area (Å²) in [6.07, 6.45) is 1.18. The van der Waals surface area contributed by atoms with Gasteiger partial charge in [0.1, 0.15) is 6.54 Å². The molecule has 1 aliphatic heterocycles. The Morgan fingerprint density at radius 3 is 2.53 bits per heavy atom. The maximum atomic E-state index is 12.6. The summed E-state index contributed by atoms with van der Waals surface area (Å²) in [6, 6.07) is 15.9. The molecule has 0 saturated heterocycles.